The molecule has 2 saturated heterocycles. The average Bonchev–Trinajstić information content (AvgIpc) is 3.37. The lowest BCUT2D eigenvalue weighted by atomic mass is 9.63. The predicted molar refractivity (Wildman–Crippen MR) is 167 cm³/mol. The third kappa shape index (κ3) is 5.47. The van der Waals surface area contributed by atoms with Gasteiger partial charge in [-0.05, 0) is 37.1 Å². The number of pyridine rings is 1. The number of hydrogen-bond donors (Lipinski definition) is 2. The minimum atomic E-state index is 0.0941. The first-order valence-electron chi connectivity index (χ1n) is 15.6. The molecule has 10 nitrogen and oxygen atoms in total. The third-order valence-corrected chi connectivity index (χ3v) is 9.69. The number of carbonyl (C=O) groups excluding carboxylic acids is 1. The van der Waals surface area contributed by atoms with Gasteiger partial charge in [-0.15, -0.1) is 0 Å². The van der Waals surface area contributed by atoms with E-state index in [2.05, 4.69) is 39.3 Å². The zero-order valence-electron chi connectivity index (χ0n) is 24.9. The van der Waals surface area contributed by atoms with E-state index in [1.807, 2.05) is 11.1 Å². The second-order valence-electron chi connectivity index (χ2n) is 12.5. The van der Waals surface area contributed by atoms with E-state index < -0.39 is 0 Å². The van der Waals surface area contributed by atoms with Crippen molar-refractivity contribution in [3.63, 3.8) is 0 Å². The van der Waals surface area contributed by atoms with Gasteiger partial charge in [0, 0.05) is 105 Å². The number of allylic oxidation sites excluding steroid dienone is 1. The Labute approximate surface area is 252 Å². The lowest BCUT2D eigenvalue weighted by Gasteiger charge is -2.53. The number of nitrogens with one attached hydrogen (secondary N) is 1. The van der Waals surface area contributed by atoms with Gasteiger partial charge < -0.3 is 25.4 Å². The standard InChI is InChI=1S/C33H41N7O3/c1-22(41)39-9-5-31-29(19-39)32(38-40(31)25-6-10-42-11-7-25)27-4-2-3-23-13-30(37-18-28(23)27)24(16-34)17-35-8-12-43-26-14-33(15-26)20-36-21-33/h2-4,13,16-18,25-26,36H,5-12,14-15,19-21,34H2,1H3/b24-16+,35-17?. The van der Waals surface area contributed by atoms with Crippen LogP contribution in [0.15, 0.2) is 41.7 Å². The molecule has 10 heteroatoms. The van der Waals surface area contributed by atoms with Crippen molar-refractivity contribution < 1.29 is 14.3 Å². The number of aliphatic imine (C=N–C) groups is 1. The Hall–Kier alpha value is -3.60. The normalized spacial score (nSPS) is 20.9. The molecule has 3 fully saturated rings. The van der Waals surface area contributed by atoms with Gasteiger partial charge in [-0.1, -0.05) is 18.2 Å². The molecule has 4 aliphatic rings. The molecule has 1 aromatic carbocycles. The Balaban J connectivity index is 1.11. The van der Waals surface area contributed by atoms with Crippen molar-refractivity contribution in [2.45, 2.75) is 57.7 Å². The summed E-state index contributed by atoms with van der Waals surface area (Å²) in [5.41, 5.74) is 12.4. The summed E-state index contributed by atoms with van der Waals surface area (Å²) < 4.78 is 13.9. The number of amides is 1. The Morgan fingerprint density at radius 1 is 1.28 bits per heavy atom. The van der Waals surface area contributed by atoms with E-state index in [9.17, 15) is 4.79 Å². The molecule has 1 spiro atoms. The van der Waals surface area contributed by atoms with Crippen LogP contribution in [-0.4, -0.2) is 83.9 Å². The second kappa shape index (κ2) is 11.8. The van der Waals surface area contributed by atoms with Gasteiger partial charge in [-0.3, -0.25) is 19.5 Å². The zero-order chi connectivity index (χ0) is 29.4. The number of carbonyl (C=O) groups is 1. The van der Waals surface area contributed by atoms with Crippen LogP contribution < -0.4 is 11.1 Å². The Morgan fingerprint density at radius 3 is 2.86 bits per heavy atom. The maximum Gasteiger partial charge on any atom is 0.219 e. The molecule has 2 aromatic heterocycles. The number of hydrogen-bond acceptors (Lipinski definition) is 8. The minimum absolute atomic E-state index is 0.0941. The molecule has 3 N–H and O–H groups in total. The molecule has 0 radical (unpaired) electrons. The number of fused-ring (bicyclic) bond motifs is 2. The van der Waals surface area contributed by atoms with Crippen LogP contribution in [0, 0.1) is 5.41 Å². The fourth-order valence-electron chi connectivity index (χ4n) is 7.12. The van der Waals surface area contributed by atoms with Gasteiger partial charge in [-0.25, -0.2) is 0 Å². The molecule has 3 aromatic rings. The smallest absolute Gasteiger partial charge is 0.219 e. The van der Waals surface area contributed by atoms with Crippen molar-refractivity contribution in [2.24, 2.45) is 16.1 Å². The lowest BCUT2D eigenvalue weighted by molar-refractivity contribution is -0.129. The third-order valence-electron chi connectivity index (χ3n) is 9.69. The molecule has 226 valence electrons. The summed E-state index contributed by atoms with van der Waals surface area (Å²) in [5.74, 6) is 0.0941. The van der Waals surface area contributed by atoms with Gasteiger partial charge >= 0.3 is 0 Å². The van der Waals surface area contributed by atoms with Gasteiger partial charge in [0.25, 0.3) is 0 Å². The highest BCUT2D eigenvalue weighted by Crippen LogP contribution is 2.45. The highest BCUT2D eigenvalue weighted by Gasteiger charge is 2.48. The average molecular weight is 584 g/mol. The van der Waals surface area contributed by atoms with Crippen LogP contribution in [0.5, 0.6) is 0 Å². The fourth-order valence-corrected chi connectivity index (χ4v) is 7.12. The molecule has 3 aliphatic heterocycles. The molecule has 0 atom stereocenters. The van der Waals surface area contributed by atoms with Crippen molar-refractivity contribution in [3.05, 3.63) is 53.6 Å². The van der Waals surface area contributed by atoms with Gasteiger partial charge in [0.2, 0.25) is 5.91 Å². The minimum Gasteiger partial charge on any atom is -0.404 e. The zero-order valence-corrected chi connectivity index (χ0v) is 24.9. The largest absolute Gasteiger partial charge is 0.404 e. The van der Waals surface area contributed by atoms with E-state index in [1.54, 1.807) is 19.3 Å². The summed E-state index contributed by atoms with van der Waals surface area (Å²) in [6.45, 7) is 7.92. The van der Waals surface area contributed by atoms with Crippen molar-refractivity contribution in [3.8, 4) is 11.3 Å². The van der Waals surface area contributed by atoms with Crippen LogP contribution in [0.1, 0.15) is 55.6 Å². The monoisotopic (exact) mass is 583 g/mol. The first kappa shape index (κ1) is 28.2. The van der Waals surface area contributed by atoms with Crippen LogP contribution in [0.25, 0.3) is 27.6 Å². The van der Waals surface area contributed by atoms with Crippen molar-refractivity contribution >= 4 is 28.5 Å². The maximum atomic E-state index is 12.3. The summed E-state index contributed by atoms with van der Waals surface area (Å²) in [6.07, 6.45) is 10.7. The maximum absolute atomic E-state index is 12.3. The van der Waals surface area contributed by atoms with Crippen molar-refractivity contribution in [1.82, 2.24) is 25.0 Å². The first-order chi connectivity index (χ1) is 21.0. The van der Waals surface area contributed by atoms with Crippen LogP contribution in [-0.2, 0) is 27.2 Å². The van der Waals surface area contributed by atoms with Gasteiger partial charge in [-0.2, -0.15) is 5.10 Å². The lowest BCUT2D eigenvalue weighted by Crippen LogP contribution is -2.62. The van der Waals surface area contributed by atoms with E-state index in [4.69, 9.17) is 25.3 Å². The first-order valence-corrected chi connectivity index (χ1v) is 15.6. The molecule has 43 heavy (non-hydrogen) atoms. The van der Waals surface area contributed by atoms with Gasteiger partial charge in [0.1, 0.15) is 0 Å². The molecule has 0 bridgehead atoms. The van der Waals surface area contributed by atoms with Crippen LogP contribution in [0.4, 0.5) is 0 Å². The summed E-state index contributed by atoms with van der Waals surface area (Å²) in [5, 5.41) is 10.7. The SMILES string of the molecule is CC(=O)N1CCc2c(c(-c3cccc4cc(/C(C=NCCOC5CC6(CNC6)C5)=C/N)ncc34)nn2C2CCOCC2)C1. The second-order valence-corrected chi connectivity index (χ2v) is 12.5. The fraction of sp³-hybridized carbons (Fsp3) is 0.515. The number of ether oxygens (including phenoxy) is 2. The molecule has 7 rings (SSSR count). The van der Waals surface area contributed by atoms with Crippen LogP contribution in [0.2, 0.25) is 0 Å². The van der Waals surface area contributed by atoms with E-state index in [-0.39, 0.29) is 5.91 Å². The number of nitrogens with zero attached hydrogens (tertiary/aromatic N) is 5. The predicted octanol–water partition coefficient (Wildman–Crippen LogP) is 3.49. The summed E-state index contributed by atoms with van der Waals surface area (Å²) in [7, 11) is 0. The molecule has 1 saturated carbocycles. The summed E-state index contributed by atoms with van der Waals surface area (Å²) >= 11 is 0. The van der Waals surface area contributed by atoms with E-state index in [1.165, 1.54) is 5.69 Å². The summed E-state index contributed by atoms with van der Waals surface area (Å²) in [4.78, 5) is 23.6. The number of rotatable bonds is 8. The Morgan fingerprint density at radius 2 is 2.12 bits per heavy atom. The van der Waals surface area contributed by atoms with Crippen LogP contribution >= 0.6 is 0 Å². The molecule has 1 aliphatic carbocycles. The topological polar surface area (TPSA) is 120 Å². The number of nitrogens with two attached hydrogens (primary N) is 1. The number of aromatic nitrogens is 3. The quantitative estimate of drug-likeness (QED) is 0.308. The van der Waals surface area contributed by atoms with E-state index in [0.717, 1.165) is 104 Å². The molecular formula is C33H41N7O3. The molecule has 0 unspecified atom stereocenters. The Kier molecular flexibility index (Phi) is 7.75. The van der Waals surface area contributed by atoms with E-state index in [0.29, 0.717) is 37.3 Å². The van der Waals surface area contributed by atoms with Crippen LogP contribution in [0.3, 0.4) is 0 Å². The highest BCUT2D eigenvalue weighted by molar-refractivity contribution is 6.10. The molecular weight excluding hydrogens is 542 g/mol. The van der Waals surface area contributed by atoms with Crippen molar-refractivity contribution in [2.75, 3.05) is 46.0 Å². The van der Waals surface area contributed by atoms with Gasteiger partial charge in [0.15, 0.2) is 0 Å². The summed E-state index contributed by atoms with van der Waals surface area (Å²) in [6, 6.07) is 8.64. The van der Waals surface area contributed by atoms with Gasteiger partial charge in [0.05, 0.1) is 36.7 Å². The highest BCUT2D eigenvalue weighted by atomic mass is 16.5. The molecule has 1 amide bonds. The van der Waals surface area contributed by atoms with Crippen molar-refractivity contribution in [1.29, 1.82) is 0 Å². The van der Waals surface area contributed by atoms with E-state index >= 15 is 0 Å². The molecule has 5 heterocycles. The number of benzene rings is 1. The Bertz CT molecular complexity index is 1560.